The molecule has 0 spiro atoms. The van der Waals surface area contributed by atoms with Crippen molar-refractivity contribution in [3.8, 4) is 0 Å². The number of thioether (sulfide) groups is 1. The molecule has 16 heavy (non-hydrogen) atoms. The summed E-state index contributed by atoms with van der Waals surface area (Å²) in [6, 6.07) is -0.732. The van der Waals surface area contributed by atoms with Gasteiger partial charge in [-0.3, -0.25) is 4.79 Å². The summed E-state index contributed by atoms with van der Waals surface area (Å²) in [5.74, 6) is 0.179. The lowest BCUT2D eigenvalue weighted by atomic mass is 10.2. The van der Waals surface area contributed by atoms with Crippen LogP contribution in [0.3, 0.4) is 0 Å². The van der Waals surface area contributed by atoms with Gasteiger partial charge in [0, 0.05) is 0 Å². The van der Waals surface area contributed by atoms with Gasteiger partial charge in [-0.15, -0.1) is 0 Å². The Kier molecular flexibility index (Phi) is 9.09. The zero-order valence-electron chi connectivity index (χ0n) is 9.99. The Morgan fingerprint density at radius 2 is 2.00 bits per heavy atom. The van der Waals surface area contributed by atoms with E-state index in [0.29, 0.717) is 12.2 Å². The molecule has 0 aliphatic rings. The Bertz CT molecular complexity index is 221. The molecule has 94 valence electrons. The Morgan fingerprint density at radius 1 is 1.31 bits per heavy atom. The number of rotatable bonds is 9. The number of nitrogens with one attached hydrogen (secondary N) is 1. The van der Waals surface area contributed by atoms with E-state index in [1.54, 1.807) is 11.8 Å². The van der Waals surface area contributed by atoms with Crippen LogP contribution < -0.4 is 5.32 Å². The Balaban J connectivity index is 3.77. The lowest BCUT2D eigenvalue weighted by Crippen LogP contribution is -2.41. The highest BCUT2D eigenvalue weighted by atomic mass is 32.2. The molecule has 0 bridgehead atoms. The van der Waals surface area contributed by atoms with Gasteiger partial charge < -0.3 is 10.4 Å². The first-order valence-electron chi connectivity index (χ1n) is 5.71. The normalized spacial score (nSPS) is 12.1. The molecule has 0 unspecified atom stereocenters. The summed E-state index contributed by atoms with van der Waals surface area (Å²) in [5.41, 5.74) is 0. The number of carboxylic acids is 1. The summed E-state index contributed by atoms with van der Waals surface area (Å²) in [4.78, 5) is 22.2. The zero-order valence-corrected chi connectivity index (χ0v) is 10.8. The van der Waals surface area contributed by atoms with Crippen LogP contribution in [0.2, 0.25) is 0 Å². The molecule has 0 aliphatic carbocycles. The molecular formula is C11H21NO3S. The van der Waals surface area contributed by atoms with E-state index >= 15 is 0 Å². The summed E-state index contributed by atoms with van der Waals surface area (Å²) < 4.78 is 0. The van der Waals surface area contributed by atoms with Gasteiger partial charge in [0.2, 0.25) is 5.91 Å². The molecule has 0 saturated carbocycles. The number of hydrogen-bond acceptors (Lipinski definition) is 3. The molecule has 0 heterocycles. The topological polar surface area (TPSA) is 66.4 Å². The van der Waals surface area contributed by atoms with Gasteiger partial charge in [-0.25, -0.2) is 4.79 Å². The van der Waals surface area contributed by atoms with Crippen LogP contribution in [0.1, 0.15) is 39.5 Å². The van der Waals surface area contributed by atoms with Crippen LogP contribution >= 0.6 is 11.8 Å². The minimum Gasteiger partial charge on any atom is -0.480 e. The highest BCUT2D eigenvalue weighted by molar-refractivity contribution is 7.99. The minimum absolute atomic E-state index is 0.179. The summed E-state index contributed by atoms with van der Waals surface area (Å²) in [6.07, 6.45) is 3.44. The average Bonchev–Trinajstić information content (AvgIpc) is 2.23. The van der Waals surface area contributed by atoms with Crippen LogP contribution in [0.25, 0.3) is 0 Å². The predicted molar refractivity (Wildman–Crippen MR) is 66.7 cm³/mol. The minimum atomic E-state index is -0.950. The standard InChI is InChI=1S/C11H21NO3S/c1-3-5-7-16-8-10(13)12-9(6-4-2)11(14)15/h9H,3-8H2,1-2H3,(H,12,13)(H,14,15)/t9-/m0/s1. The number of carbonyl (C=O) groups is 2. The number of aliphatic carboxylic acids is 1. The first-order chi connectivity index (χ1) is 7.61. The molecule has 0 fully saturated rings. The monoisotopic (exact) mass is 247 g/mol. The second-order valence-corrected chi connectivity index (χ2v) is 4.76. The van der Waals surface area contributed by atoms with E-state index in [2.05, 4.69) is 12.2 Å². The van der Waals surface area contributed by atoms with Crippen molar-refractivity contribution in [2.24, 2.45) is 0 Å². The van der Waals surface area contributed by atoms with E-state index < -0.39 is 12.0 Å². The Morgan fingerprint density at radius 3 is 2.50 bits per heavy atom. The number of amides is 1. The quantitative estimate of drug-likeness (QED) is 0.611. The third-order valence-electron chi connectivity index (χ3n) is 2.09. The fourth-order valence-electron chi connectivity index (χ4n) is 1.19. The van der Waals surface area contributed by atoms with E-state index in [0.717, 1.165) is 25.0 Å². The maximum Gasteiger partial charge on any atom is 0.326 e. The Hall–Kier alpha value is -0.710. The van der Waals surface area contributed by atoms with Crippen molar-refractivity contribution in [1.82, 2.24) is 5.32 Å². The van der Waals surface area contributed by atoms with Crippen molar-refractivity contribution in [1.29, 1.82) is 0 Å². The lowest BCUT2D eigenvalue weighted by Gasteiger charge is -2.13. The van der Waals surface area contributed by atoms with Crippen molar-refractivity contribution < 1.29 is 14.7 Å². The first kappa shape index (κ1) is 15.3. The molecule has 2 N–H and O–H groups in total. The van der Waals surface area contributed by atoms with Crippen molar-refractivity contribution in [3.63, 3.8) is 0 Å². The van der Waals surface area contributed by atoms with Crippen molar-refractivity contribution in [2.45, 2.75) is 45.6 Å². The largest absolute Gasteiger partial charge is 0.480 e. The van der Waals surface area contributed by atoms with Gasteiger partial charge in [-0.2, -0.15) is 11.8 Å². The van der Waals surface area contributed by atoms with Crippen LogP contribution in [0.15, 0.2) is 0 Å². The van der Waals surface area contributed by atoms with Gasteiger partial charge in [0.1, 0.15) is 6.04 Å². The molecule has 1 amide bonds. The molecule has 0 radical (unpaired) electrons. The summed E-state index contributed by atoms with van der Waals surface area (Å²) in [6.45, 7) is 4.00. The number of carboxylic acid groups (broad SMARTS) is 1. The number of carbonyl (C=O) groups excluding carboxylic acids is 1. The predicted octanol–water partition coefficient (Wildman–Crippen LogP) is 1.89. The molecule has 5 heteroatoms. The average molecular weight is 247 g/mol. The maximum atomic E-state index is 11.4. The molecule has 0 rings (SSSR count). The third kappa shape index (κ3) is 7.56. The van der Waals surface area contributed by atoms with Gasteiger partial charge in [-0.1, -0.05) is 26.7 Å². The fourth-order valence-corrected chi connectivity index (χ4v) is 2.10. The molecule has 4 nitrogen and oxygen atoms in total. The van der Waals surface area contributed by atoms with E-state index in [4.69, 9.17) is 5.11 Å². The highest BCUT2D eigenvalue weighted by Gasteiger charge is 2.18. The molecule has 0 aliphatic heterocycles. The van der Waals surface area contributed by atoms with E-state index in [9.17, 15) is 9.59 Å². The molecule has 0 aromatic carbocycles. The van der Waals surface area contributed by atoms with Gasteiger partial charge in [-0.05, 0) is 18.6 Å². The fraction of sp³-hybridized carbons (Fsp3) is 0.818. The van der Waals surface area contributed by atoms with Crippen LogP contribution in [0.5, 0.6) is 0 Å². The van der Waals surface area contributed by atoms with Crippen LogP contribution in [0, 0.1) is 0 Å². The molecular weight excluding hydrogens is 226 g/mol. The van der Waals surface area contributed by atoms with Gasteiger partial charge in [0.15, 0.2) is 0 Å². The summed E-state index contributed by atoms with van der Waals surface area (Å²) in [7, 11) is 0. The third-order valence-corrected chi connectivity index (χ3v) is 3.13. The molecule has 0 aromatic heterocycles. The summed E-state index contributed by atoms with van der Waals surface area (Å²) in [5, 5.41) is 11.4. The van der Waals surface area contributed by atoms with Gasteiger partial charge in [0.05, 0.1) is 5.75 Å². The van der Waals surface area contributed by atoms with Crippen molar-refractivity contribution in [3.05, 3.63) is 0 Å². The second kappa shape index (κ2) is 9.51. The van der Waals surface area contributed by atoms with E-state index in [1.807, 2.05) is 6.92 Å². The highest BCUT2D eigenvalue weighted by Crippen LogP contribution is 2.04. The first-order valence-corrected chi connectivity index (χ1v) is 6.87. The van der Waals surface area contributed by atoms with E-state index in [-0.39, 0.29) is 5.91 Å². The van der Waals surface area contributed by atoms with Gasteiger partial charge >= 0.3 is 5.97 Å². The molecule has 0 aromatic rings. The maximum absolute atomic E-state index is 11.4. The molecule has 0 saturated heterocycles. The summed E-state index contributed by atoms with van der Waals surface area (Å²) >= 11 is 1.55. The zero-order chi connectivity index (χ0) is 12.4. The smallest absolute Gasteiger partial charge is 0.326 e. The molecule has 1 atom stereocenters. The van der Waals surface area contributed by atoms with Crippen LogP contribution in [-0.2, 0) is 9.59 Å². The van der Waals surface area contributed by atoms with Crippen molar-refractivity contribution in [2.75, 3.05) is 11.5 Å². The van der Waals surface area contributed by atoms with Crippen LogP contribution in [-0.4, -0.2) is 34.5 Å². The SMILES string of the molecule is CCCCSCC(=O)N[C@@H](CCC)C(=O)O. The number of unbranched alkanes of at least 4 members (excludes halogenated alkanes) is 1. The van der Waals surface area contributed by atoms with E-state index in [1.165, 1.54) is 0 Å². The van der Waals surface area contributed by atoms with Crippen LogP contribution in [0.4, 0.5) is 0 Å². The second-order valence-electron chi connectivity index (χ2n) is 3.65. The Labute approximate surface area is 101 Å². The number of hydrogen-bond donors (Lipinski definition) is 2. The lowest BCUT2D eigenvalue weighted by molar-refractivity contribution is -0.141. The van der Waals surface area contributed by atoms with Crippen molar-refractivity contribution >= 4 is 23.6 Å². The van der Waals surface area contributed by atoms with Gasteiger partial charge in [0.25, 0.3) is 0 Å².